The summed E-state index contributed by atoms with van der Waals surface area (Å²) < 4.78 is 5.28. The summed E-state index contributed by atoms with van der Waals surface area (Å²) in [6.07, 6.45) is 2.18. The van der Waals surface area contributed by atoms with Gasteiger partial charge in [0.15, 0.2) is 0 Å². The SMILES string of the molecule is Nc1nnc(N2CCCc3ccccc3C2)o1. The van der Waals surface area contributed by atoms with E-state index in [-0.39, 0.29) is 6.01 Å². The molecule has 2 heterocycles. The van der Waals surface area contributed by atoms with E-state index >= 15 is 0 Å². The third-order valence-electron chi connectivity index (χ3n) is 3.05. The maximum absolute atomic E-state index is 5.45. The van der Waals surface area contributed by atoms with Crippen molar-refractivity contribution in [2.75, 3.05) is 17.2 Å². The molecule has 2 aromatic rings. The van der Waals surface area contributed by atoms with Crippen LogP contribution in [0.4, 0.5) is 12.0 Å². The summed E-state index contributed by atoms with van der Waals surface area (Å²) in [7, 11) is 0. The summed E-state index contributed by atoms with van der Waals surface area (Å²) in [5.41, 5.74) is 8.18. The summed E-state index contributed by atoms with van der Waals surface area (Å²) in [6.45, 7) is 1.72. The van der Waals surface area contributed by atoms with Crippen LogP contribution in [-0.4, -0.2) is 16.7 Å². The normalized spacial score (nSPS) is 15.4. The Labute approximate surface area is 99.2 Å². The molecule has 0 saturated carbocycles. The van der Waals surface area contributed by atoms with Gasteiger partial charge in [-0.25, -0.2) is 0 Å². The van der Waals surface area contributed by atoms with Crippen LogP contribution in [0.1, 0.15) is 17.5 Å². The first-order chi connectivity index (χ1) is 8.33. The monoisotopic (exact) mass is 230 g/mol. The molecule has 0 bridgehead atoms. The Kier molecular flexibility index (Phi) is 2.44. The lowest BCUT2D eigenvalue weighted by molar-refractivity contribution is 0.544. The molecule has 0 fully saturated rings. The third kappa shape index (κ3) is 1.95. The molecule has 1 aliphatic rings. The quantitative estimate of drug-likeness (QED) is 0.806. The van der Waals surface area contributed by atoms with Crippen LogP contribution in [0.2, 0.25) is 0 Å². The number of hydrogen-bond acceptors (Lipinski definition) is 5. The largest absolute Gasteiger partial charge is 0.390 e. The van der Waals surface area contributed by atoms with Gasteiger partial charge in [-0.1, -0.05) is 34.5 Å². The second kappa shape index (κ2) is 4.08. The molecule has 0 aliphatic carbocycles. The number of benzene rings is 1. The van der Waals surface area contributed by atoms with Gasteiger partial charge in [0.05, 0.1) is 0 Å². The molecule has 0 saturated heterocycles. The molecule has 0 atom stereocenters. The minimum Gasteiger partial charge on any atom is -0.390 e. The van der Waals surface area contributed by atoms with Gasteiger partial charge in [0, 0.05) is 13.1 Å². The van der Waals surface area contributed by atoms with Crippen LogP contribution in [0, 0.1) is 0 Å². The number of anilines is 2. The van der Waals surface area contributed by atoms with Crippen molar-refractivity contribution in [3.05, 3.63) is 35.4 Å². The molecule has 0 radical (unpaired) electrons. The minimum atomic E-state index is 0.123. The fourth-order valence-corrected chi connectivity index (χ4v) is 2.22. The number of fused-ring (bicyclic) bond motifs is 1. The number of nitrogens with two attached hydrogens (primary N) is 1. The second-order valence-corrected chi connectivity index (χ2v) is 4.22. The molecule has 1 aliphatic heterocycles. The predicted octanol–water partition coefficient (Wildman–Crippen LogP) is 1.60. The third-order valence-corrected chi connectivity index (χ3v) is 3.05. The lowest BCUT2D eigenvalue weighted by Gasteiger charge is -2.17. The van der Waals surface area contributed by atoms with Crippen molar-refractivity contribution in [2.45, 2.75) is 19.4 Å². The van der Waals surface area contributed by atoms with Crippen LogP contribution < -0.4 is 10.6 Å². The highest BCUT2D eigenvalue weighted by Gasteiger charge is 2.18. The summed E-state index contributed by atoms with van der Waals surface area (Å²) in [5.74, 6) is 0. The average molecular weight is 230 g/mol. The van der Waals surface area contributed by atoms with E-state index in [1.807, 2.05) is 0 Å². The summed E-state index contributed by atoms with van der Waals surface area (Å²) in [4.78, 5) is 2.08. The molecule has 5 heteroatoms. The molecule has 1 aromatic heterocycles. The van der Waals surface area contributed by atoms with Gasteiger partial charge in [-0.05, 0) is 24.0 Å². The van der Waals surface area contributed by atoms with Crippen molar-refractivity contribution >= 4 is 12.0 Å². The predicted molar refractivity (Wildman–Crippen MR) is 64.5 cm³/mol. The van der Waals surface area contributed by atoms with Crippen LogP contribution >= 0.6 is 0 Å². The summed E-state index contributed by atoms with van der Waals surface area (Å²) in [5, 5.41) is 7.64. The number of rotatable bonds is 1. The molecule has 0 spiro atoms. The van der Waals surface area contributed by atoms with Crippen molar-refractivity contribution in [3.8, 4) is 0 Å². The van der Waals surface area contributed by atoms with Crippen LogP contribution in [-0.2, 0) is 13.0 Å². The van der Waals surface area contributed by atoms with Crippen LogP contribution in [0.15, 0.2) is 28.7 Å². The van der Waals surface area contributed by atoms with Gasteiger partial charge in [-0.15, -0.1) is 0 Å². The number of hydrogen-bond donors (Lipinski definition) is 1. The molecule has 17 heavy (non-hydrogen) atoms. The molecule has 0 unspecified atom stereocenters. The fourth-order valence-electron chi connectivity index (χ4n) is 2.22. The van der Waals surface area contributed by atoms with Gasteiger partial charge >= 0.3 is 12.0 Å². The number of nitrogen functional groups attached to an aromatic ring is 1. The van der Waals surface area contributed by atoms with E-state index in [1.54, 1.807) is 0 Å². The van der Waals surface area contributed by atoms with E-state index in [2.05, 4.69) is 39.4 Å². The molecule has 5 nitrogen and oxygen atoms in total. The molecule has 0 amide bonds. The Morgan fingerprint density at radius 2 is 2.00 bits per heavy atom. The van der Waals surface area contributed by atoms with Crippen LogP contribution in [0.5, 0.6) is 0 Å². The summed E-state index contributed by atoms with van der Waals surface area (Å²) >= 11 is 0. The summed E-state index contributed by atoms with van der Waals surface area (Å²) in [6, 6.07) is 9.11. The highest BCUT2D eigenvalue weighted by molar-refractivity contribution is 5.36. The Balaban J connectivity index is 1.90. The van der Waals surface area contributed by atoms with E-state index < -0.39 is 0 Å². The van der Waals surface area contributed by atoms with Crippen molar-refractivity contribution in [1.29, 1.82) is 0 Å². The average Bonchev–Trinajstić information content (AvgIpc) is 2.65. The Morgan fingerprint density at radius 3 is 2.76 bits per heavy atom. The van der Waals surface area contributed by atoms with Crippen molar-refractivity contribution in [1.82, 2.24) is 10.2 Å². The van der Waals surface area contributed by atoms with Crippen molar-refractivity contribution in [3.63, 3.8) is 0 Å². The number of aromatic nitrogens is 2. The smallest absolute Gasteiger partial charge is 0.319 e. The number of aryl methyl sites for hydroxylation is 1. The van der Waals surface area contributed by atoms with E-state index in [9.17, 15) is 0 Å². The van der Waals surface area contributed by atoms with E-state index in [1.165, 1.54) is 11.1 Å². The molecule has 1 aromatic carbocycles. The highest BCUT2D eigenvalue weighted by atomic mass is 16.4. The van der Waals surface area contributed by atoms with Crippen molar-refractivity contribution in [2.24, 2.45) is 0 Å². The fraction of sp³-hybridized carbons (Fsp3) is 0.333. The molecule has 2 N–H and O–H groups in total. The van der Waals surface area contributed by atoms with Crippen molar-refractivity contribution < 1.29 is 4.42 Å². The number of nitrogens with zero attached hydrogens (tertiary/aromatic N) is 3. The maximum Gasteiger partial charge on any atom is 0.319 e. The lowest BCUT2D eigenvalue weighted by atomic mass is 10.0. The standard InChI is InChI=1S/C12H14N4O/c13-11-14-15-12(17-11)16-7-3-6-9-4-1-2-5-10(9)8-16/h1-2,4-5H,3,6-8H2,(H2,13,14). The van der Waals surface area contributed by atoms with Gasteiger partial charge in [-0.3, -0.25) is 0 Å². The van der Waals surface area contributed by atoms with Gasteiger partial charge in [0.1, 0.15) is 0 Å². The zero-order valence-electron chi connectivity index (χ0n) is 9.47. The first-order valence-corrected chi connectivity index (χ1v) is 5.73. The first kappa shape index (κ1) is 10.1. The zero-order chi connectivity index (χ0) is 11.7. The Bertz CT molecular complexity index is 523. The molecule has 3 rings (SSSR count). The van der Waals surface area contributed by atoms with Gasteiger partial charge in [-0.2, -0.15) is 0 Å². The highest BCUT2D eigenvalue weighted by Crippen LogP contribution is 2.23. The molecular formula is C12H14N4O. The van der Waals surface area contributed by atoms with E-state index in [0.717, 1.165) is 25.9 Å². The topological polar surface area (TPSA) is 68.2 Å². The van der Waals surface area contributed by atoms with E-state index in [4.69, 9.17) is 10.2 Å². The molecular weight excluding hydrogens is 216 g/mol. The minimum absolute atomic E-state index is 0.123. The van der Waals surface area contributed by atoms with E-state index in [0.29, 0.717) is 6.01 Å². The van der Waals surface area contributed by atoms with Crippen LogP contribution in [0.3, 0.4) is 0 Å². The maximum atomic E-state index is 5.45. The van der Waals surface area contributed by atoms with Gasteiger partial charge < -0.3 is 15.1 Å². The molecule has 88 valence electrons. The second-order valence-electron chi connectivity index (χ2n) is 4.22. The van der Waals surface area contributed by atoms with Gasteiger partial charge in [0.25, 0.3) is 0 Å². The zero-order valence-corrected chi connectivity index (χ0v) is 9.47. The Morgan fingerprint density at radius 1 is 1.18 bits per heavy atom. The first-order valence-electron chi connectivity index (χ1n) is 5.73. The lowest BCUT2D eigenvalue weighted by Crippen LogP contribution is -2.22. The van der Waals surface area contributed by atoms with Crippen LogP contribution in [0.25, 0.3) is 0 Å². The Hall–Kier alpha value is -2.04. The van der Waals surface area contributed by atoms with Gasteiger partial charge in [0.2, 0.25) is 0 Å².